The minimum atomic E-state index is -3.47. The van der Waals surface area contributed by atoms with Gasteiger partial charge in [0.25, 0.3) is 0 Å². The van der Waals surface area contributed by atoms with E-state index in [2.05, 4.69) is 25.1 Å². The van der Waals surface area contributed by atoms with Crippen LogP contribution in [0.5, 0.6) is 0 Å². The maximum absolute atomic E-state index is 12.8. The lowest BCUT2D eigenvalue weighted by Gasteiger charge is -2.31. The first-order valence-electron chi connectivity index (χ1n) is 10.1. The van der Waals surface area contributed by atoms with Crippen molar-refractivity contribution in [3.8, 4) is 0 Å². The molecule has 2 aliphatic rings. The average molecular weight is 417 g/mol. The Labute approximate surface area is 172 Å². The molecule has 0 spiro atoms. The van der Waals surface area contributed by atoms with Gasteiger partial charge in [-0.2, -0.15) is 4.31 Å². The lowest BCUT2D eigenvalue weighted by molar-refractivity contribution is 0.222. The molecule has 2 aliphatic heterocycles. The fourth-order valence-corrected chi connectivity index (χ4v) is 5.18. The van der Waals surface area contributed by atoms with Crippen molar-refractivity contribution in [3.63, 3.8) is 0 Å². The summed E-state index contributed by atoms with van der Waals surface area (Å²) < 4.78 is 27.2. The Morgan fingerprint density at radius 2 is 1.90 bits per heavy atom. The molecule has 29 heavy (non-hydrogen) atoms. The summed E-state index contributed by atoms with van der Waals surface area (Å²) in [6.07, 6.45) is 4.36. The monoisotopic (exact) mass is 416 g/mol. The number of aromatic nitrogens is 2. The van der Waals surface area contributed by atoms with Crippen molar-refractivity contribution in [3.05, 3.63) is 42.7 Å². The third-order valence-corrected chi connectivity index (χ3v) is 7.55. The van der Waals surface area contributed by atoms with E-state index in [9.17, 15) is 8.42 Å². The van der Waals surface area contributed by atoms with Crippen LogP contribution in [-0.2, 0) is 10.0 Å². The van der Waals surface area contributed by atoms with Crippen LogP contribution >= 0.6 is 0 Å². The van der Waals surface area contributed by atoms with Crippen LogP contribution in [0.15, 0.2) is 47.6 Å². The number of nitrogens with one attached hydrogen (secondary N) is 1. The predicted molar refractivity (Wildman–Crippen MR) is 114 cm³/mol. The molecule has 0 bridgehead atoms. The Morgan fingerprint density at radius 3 is 2.59 bits per heavy atom. The van der Waals surface area contributed by atoms with E-state index in [-0.39, 0.29) is 4.90 Å². The molecule has 9 heteroatoms. The molecule has 2 aromatic rings. The van der Waals surface area contributed by atoms with Crippen molar-refractivity contribution in [1.82, 2.24) is 19.2 Å². The number of nitrogens with zero attached hydrogens (tertiary/aromatic N) is 5. The smallest absolute Gasteiger partial charge is 0.244 e. The summed E-state index contributed by atoms with van der Waals surface area (Å²) in [7, 11) is -1.46. The molecule has 0 aliphatic carbocycles. The number of hydrogen-bond donors (Lipinski definition) is 1. The topological polar surface area (TPSA) is 81.7 Å². The zero-order valence-corrected chi connectivity index (χ0v) is 17.6. The van der Waals surface area contributed by atoms with Crippen LogP contribution in [0, 0.1) is 5.92 Å². The van der Waals surface area contributed by atoms with Gasteiger partial charge in [-0.15, -0.1) is 0 Å². The maximum Gasteiger partial charge on any atom is 0.244 e. The quantitative estimate of drug-likeness (QED) is 0.761. The summed E-state index contributed by atoms with van der Waals surface area (Å²) in [5.74, 6) is 2.23. The molecule has 2 fully saturated rings. The third kappa shape index (κ3) is 4.68. The van der Waals surface area contributed by atoms with Gasteiger partial charge in [0.05, 0.1) is 0 Å². The molecule has 1 unspecified atom stereocenters. The van der Waals surface area contributed by atoms with Gasteiger partial charge >= 0.3 is 0 Å². The first kappa shape index (κ1) is 20.1. The van der Waals surface area contributed by atoms with Crippen LogP contribution in [-0.4, -0.2) is 80.5 Å². The van der Waals surface area contributed by atoms with Crippen LogP contribution in [0.2, 0.25) is 0 Å². The molecule has 8 nitrogen and oxygen atoms in total. The van der Waals surface area contributed by atoms with Crippen molar-refractivity contribution in [1.29, 1.82) is 0 Å². The summed E-state index contributed by atoms with van der Waals surface area (Å²) in [6, 6.07) is 9.36. The Bertz CT molecular complexity index is 898. The van der Waals surface area contributed by atoms with Crippen LogP contribution in [0.1, 0.15) is 6.42 Å². The fraction of sp³-hybridized carbons (Fsp3) is 0.500. The van der Waals surface area contributed by atoms with Gasteiger partial charge in [0, 0.05) is 58.2 Å². The van der Waals surface area contributed by atoms with Crippen LogP contribution in [0.3, 0.4) is 0 Å². The van der Waals surface area contributed by atoms with Gasteiger partial charge in [-0.25, -0.2) is 18.4 Å². The van der Waals surface area contributed by atoms with Gasteiger partial charge in [-0.05, 0) is 43.7 Å². The van der Waals surface area contributed by atoms with Gasteiger partial charge in [-0.3, -0.25) is 0 Å². The number of rotatable bonds is 6. The second kappa shape index (κ2) is 8.64. The van der Waals surface area contributed by atoms with Crippen LogP contribution in [0.4, 0.5) is 11.6 Å². The summed E-state index contributed by atoms with van der Waals surface area (Å²) >= 11 is 0. The molecule has 0 amide bonds. The largest absolute Gasteiger partial charge is 0.370 e. The van der Waals surface area contributed by atoms with E-state index in [0.29, 0.717) is 19.0 Å². The molecule has 0 saturated carbocycles. The van der Waals surface area contributed by atoms with Crippen molar-refractivity contribution < 1.29 is 8.42 Å². The standard InChI is InChI=1S/C20H28N6O2S/c1-24-10-12-26(13-11-24)29(27,28)18-5-6-20(23-15-18)25-9-7-17(16-25)14-22-19-4-2-3-8-21-19/h2-6,8,15,17H,7,9-14,16H2,1H3,(H,21,22). The van der Waals surface area contributed by atoms with Crippen molar-refractivity contribution >= 4 is 21.7 Å². The highest BCUT2D eigenvalue weighted by Gasteiger charge is 2.28. The molecule has 4 heterocycles. The van der Waals surface area contributed by atoms with Gasteiger partial charge in [-0.1, -0.05) is 6.07 Å². The van der Waals surface area contributed by atoms with E-state index < -0.39 is 10.0 Å². The zero-order valence-electron chi connectivity index (χ0n) is 16.7. The number of pyridine rings is 2. The Balaban J connectivity index is 1.34. The van der Waals surface area contributed by atoms with Gasteiger partial charge in [0.15, 0.2) is 0 Å². The maximum atomic E-state index is 12.8. The lowest BCUT2D eigenvalue weighted by Crippen LogP contribution is -2.47. The van der Waals surface area contributed by atoms with E-state index in [4.69, 9.17) is 0 Å². The molecule has 1 N–H and O–H groups in total. The zero-order chi connectivity index (χ0) is 20.3. The van der Waals surface area contributed by atoms with Crippen LogP contribution < -0.4 is 10.2 Å². The van der Waals surface area contributed by atoms with Crippen molar-refractivity contribution in [2.45, 2.75) is 11.3 Å². The van der Waals surface area contributed by atoms with E-state index >= 15 is 0 Å². The van der Waals surface area contributed by atoms with Crippen molar-refractivity contribution in [2.24, 2.45) is 5.92 Å². The van der Waals surface area contributed by atoms with E-state index in [0.717, 1.165) is 50.8 Å². The minimum Gasteiger partial charge on any atom is -0.370 e. The Morgan fingerprint density at radius 1 is 1.07 bits per heavy atom. The average Bonchev–Trinajstić information content (AvgIpc) is 3.22. The predicted octanol–water partition coefficient (Wildman–Crippen LogP) is 1.35. The molecule has 2 aromatic heterocycles. The highest BCUT2D eigenvalue weighted by atomic mass is 32.2. The second-order valence-corrected chi connectivity index (χ2v) is 9.69. The lowest BCUT2D eigenvalue weighted by atomic mass is 10.1. The van der Waals surface area contributed by atoms with E-state index in [1.165, 1.54) is 6.20 Å². The number of hydrogen-bond acceptors (Lipinski definition) is 7. The Hall–Kier alpha value is -2.23. The van der Waals surface area contributed by atoms with Gasteiger partial charge in [0.1, 0.15) is 16.5 Å². The molecule has 156 valence electrons. The highest BCUT2D eigenvalue weighted by molar-refractivity contribution is 7.89. The molecule has 2 saturated heterocycles. The third-order valence-electron chi connectivity index (χ3n) is 5.67. The fourth-order valence-electron chi connectivity index (χ4n) is 3.81. The summed E-state index contributed by atoms with van der Waals surface area (Å²) in [6.45, 7) is 5.25. The molecular formula is C20H28N6O2S. The molecular weight excluding hydrogens is 388 g/mol. The van der Waals surface area contributed by atoms with E-state index in [1.54, 1.807) is 16.6 Å². The number of sulfonamides is 1. The van der Waals surface area contributed by atoms with Crippen LogP contribution in [0.25, 0.3) is 0 Å². The Kier molecular flexibility index (Phi) is 5.98. The van der Waals surface area contributed by atoms with E-state index in [1.807, 2.05) is 31.3 Å². The van der Waals surface area contributed by atoms with Crippen molar-refractivity contribution in [2.75, 3.05) is 63.1 Å². The first-order chi connectivity index (χ1) is 14.0. The molecule has 1 atom stereocenters. The highest BCUT2D eigenvalue weighted by Crippen LogP contribution is 2.24. The molecule has 0 radical (unpaired) electrons. The normalized spacial score (nSPS) is 21.4. The number of likely N-dealkylation sites (N-methyl/N-ethyl adjacent to an activating group) is 1. The van der Waals surface area contributed by atoms with Gasteiger partial charge in [0.2, 0.25) is 10.0 Å². The first-order valence-corrected chi connectivity index (χ1v) is 11.5. The number of piperazine rings is 1. The molecule has 0 aromatic carbocycles. The van der Waals surface area contributed by atoms with Gasteiger partial charge < -0.3 is 15.1 Å². The summed E-state index contributed by atoms with van der Waals surface area (Å²) in [5.41, 5.74) is 0. The SMILES string of the molecule is CN1CCN(S(=O)(=O)c2ccc(N3CCC(CNc4ccccn4)C3)nc2)CC1. The number of anilines is 2. The summed E-state index contributed by atoms with van der Waals surface area (Å²) in [4.78, 5) is 13.4. The molecule has 4 rings (SSSR count). The second-order valence-electron chi connectivity index (χ2n) is 7.76. The minimum absolute atomic E-state index is 0.276. The summed E-state index contributed by atoms with van der Waals surface area (Å²) in [5, 5.41) is 3.38.